The molecule has 4 aromatic carbocycles. The molecule has 0 bridgehead atoms. The highest BCUT2D eigenvalue weighted by molar-refractivity contribution is 6.47. The van der Waals surface area contributed by atoms with Crippen molar-refractivity contribution in [1.82, 2.24) is 9.97 Å². The van der Waals surface area contributed by atoms with Crippen LogP contribution in [0, 0.1) is 0 Å². The predicted octanol–water partition coefficient (Wildman–Crippen LogP) is 6.96. The Bertz CT molecular complexity index is 1470. The van der Waals surface area contributed by atoms with Gasteiger partial charge in [0.05, 0.1) is 22.6 Å². The third kappa shape index (κ3) is 6.17. The van der Waals surface area contributed by atoms with Crippen molar-refractivity contribution in [3.8, 4) is 45.0 Å². The first-order valence-corrected chi connectivity index (χ1v) is 13.1. The lowest BCUT2D eigenvalue weighted by atomic mass is 9.82. The summed E-state index contributed by atoms with van der Waals surface area (Å²) >= 11 is 0. The molecule has 39 heavy (non-hydrogen) atoms. The largest absolute Gasteiger partial charge is 0.427 e. The topological polar surface area (TPSA) is 55.2 Å². The van der Waals surface area contributed by atoms with E-state index in [9.17, 15) is 5.11 Å². The van der Waals surface area contributed by atoms with Gasteiger partial charge in [0.15, 0.2) is 5.82 Å². The Morgan fingerprint density at radius 3 is 1.51 bits per heavy atom. The van der Waals surface area contributed by atoms with Crippen molar-refractivity contribution in [3.05, 3.63) is 115 Å². The number of hydrogen-bond donors (Lipinski definition) is 1. The number of aromatic nitrogens is 2. The first-order valence-electron chi connectivity index (χ1n) is 13.1. The van der Waals surface area contributed by atoms with Gasteiger partial charge in [-0.05, 0) is 44.9 Å². The molecule has 0 aliphatic heterocycles. The molecule has 1 N–H and O–H groups in total. The second-order valence-electron chi connectivity index (χ2n) is 10.7. The van der Waals surface area contributed by atoms with Crippen LogP contribution < -0.4 is 5.46 Å². The Morgan fingerprint density at radius 2 is 1.00 bits per heavy atom. The van der Waals surface area contributed by atoms with Crippen molar-refractivity contribution in [2.45, 2.75) is 38.9 Å². The van der Waals surface area contributed by atoms with E-state index < -0.39 is 11.2 Å². The fourth-order valence-corrected chi connectivity index (χ4v) is 4.02. The molecule has 0 saturated heterocycles. The molecular weight excluding hydrogens is 479 g/mol. The summed E-state index contributed by atoms with van der Waals surface area (Å²) in [5.41, 5.74) is 6.35. The summed E-state index contributed by atoms with van der Waals surface area (Å²) in [5, 5.41) is 10.3. The second kappa shape index (κ2) is 11.0. The van der Waals surface area contributed by atoms with Crippen LogP contribution in [0.4, 0.5) is 0 Å². The molecule has 1 radical (unpaired) electrons. The van der Waals surface area contributed by atoms with Crippen LogP contribution in [0.3, 0.4) is 0 Å². The van der Waals surface area contributed by atoms with E-state index in [-0.39, 0.29) is 0 Å². The molecule has 0 unspecified atom stereocenters. The number of nitrogens with zero attached hydrogens (tertiary/aromatic N) is 2. The number of hydrogen-bond acceptors (Lipinski definition) is 4. The Kier molecular flexibility index (Phi) is 7.47. The minimum Gasteiger partial charge on any atom is -0.427 e. The summed E-state index contributed by atoms with van der Waals surface area (Å²) in [6.07, 6.45) is 0. The van der Waals surface area contributed by atoms with Crippen molar-refractivity contribution in [2.24, 2.45) is 0 Å². The Morgan fingerprint density at radius 1 is 0.564 bits per heavy atom. The highest BCUT2D eigenvalue weighted by atomic mass is 16.5. The molecule has 193 valence electrons. The average molecular weight is 511 g/mol. The van der Waals surface area contributed by atoms with Crippen molar-refractivity contribution >= 4 is 12.9 Å². The van der Waals surface area contributed by atoms with Gasteiger partial charge >= 0.3 is 7.48 Å². The van der Waals surface area contributed by atoms with Crippen LogP contribution in [-0.4, -0.2) is 33.8 Å². The molecule has 1 heterocycles. The van der Waals surface area contributed by atoms with Gasteiger partial charge in [0.25, 0.3) is 0 Å². The number of aliphatic hydroxyl groups is 1. The van der Waals surface area contributed by atoms with Crippen molar-refractivity contribution in [3.63, 3.8) is 0 Å². The monoisotopic (exact) mass is 511 g/mol. The second-order valence-corrected chi connectivity index (χ2v) is 10.7. The molecule has 0 atom stereocenters. The minimum absolute atomic E-state index is 0.705. The van der Waals surface area contributed by atoms with Gasteiger partial charge in [0, 0.05) is 16.7 Å². The molecule has 0 saturated carbocycles. The first kappa shape index (κ1) is 26.5. The molecule has 4 nitrogen and oxygen atoms in total. The van der Waals surface area contributed by atoms with E-state index in [1.54, 1.807) is 21.3 Å². The molecule has 5 heteroatoms. The smallest absolute Gasteiger partial charge is 0.330 e. The van der Waals surface area contributed by atoms with Crippen molar-refractivity contribution < 1.29 is 9.76 Å². The lowest BCUT2D eigenvalue weighted by molar-refractivity contribution is -0.0893. The van der Waals surface area contributed by atoms with Crippen LogP contribution in [-0.2, 0) is 4.65 Å². The lowest BCUT2D eigenvalue weighted by Gasteiger charge is -2.37. The minimum atomic E-state index is -0.960. The van der Waals surface area contributed by atoms with Crippen LogP contribution >= 0.6 is 0 Å². The van der Waals surface area contributed by atoms with E-state index >= 15 is 0 Å². The zero-order valence-electron chi connectivity index (χ0n) is 22.8. The lowest BCUT2D eigenvalue weighted by Crippen LogP contribution is -2.49. The van der Waals surface area contributed by atoms with Gasteiger partial charge in [-0.2, -0.15) is 0 Å². The van der Waals surface area contributed by atoms with Crippen molar-refractivity contribution in [1.29, 1.82) is 0 Å². The zero-order valence-corrected chi connectivity index (χ0v) is 22.8. The van der Waals surface area contributed by atoms with Gasteiger partial charge < -0.3 is 9.76 Å². The molecular formula is C34H32BN2O2. The summed E-state index contributed by atoms with van der Waals surface area (Å²) < 4.78 is 5.89. The zero-order chi connectivity index (χ0) is 27.5. The van der Waals surface area contributed by atoms with Crippen LogP contribution in [0.25, 0.3) is 45.0 Å². The molecule has 0 aliphatic carbocycles. The highest BCUT2D eigenvalue weighted by Gasteiger charge is 2.35. The summed E-state index contributed by atoms with van der Waals surface area (Å²) in [6.45, 7) is 7.26. The van der Waals surface area contributed by atoms with Crippen LogP contribution in [0.1, 0.15) is 27.7 Å². The van der Waals surface area contributed by atoms with E-state index in [2.05, 4.69) is 54.6 Å². The summed E-state index contributed by atoms with van der Waals surface area (Å²) in [7, 11) is 1.70. The molecule has 5 aromatic rings. The predicted molar refractivity (Wildman–Crippen MR) is 161 cm³/mol. The van der Waals surface area contributed by atoms with Gasteiger partial charge in [-0.25, -0.2) is 9.97 Å². The third-order valence-electron chi connectivity index (χ3n) is 7.22. The maximum absolute atomic E-state index is 10.3. The molecule has 5 rings (SSSR count). The van der Waals surface area contributed by atoms with E-state index in [1.165, 1.54) is 0 Å². The van der Waals surface area contributed by atoms with Crippen LogP contribution in [0.5, 0.6) is 0 Å². The van der Waals surface area contributed by atoms with E-state index in [0.29, 0.717) is 5.82 Å². The van der Waals surface area contributed by atoms with Crippen LogP contribution in [0.15, 0.2) is 115 Å². The average Bonchev–Trinajstić information content (AvgIpc) is 2.97. The Labute approximate surface area is 231 Å². The Balaban J connectivity index is 1.39. The normalized spacial score (nSPS) is 11.8. The maximum atomic E-state index is 10.3. The Hall–Kier alpha value is -4.06. The van der Waals surface area contributed by atoms with Gasteiger partial charge in [0.1, 0.15) is 0 Å². The van der Waals surface area contributed by atoms with Gasteiger partial charge in [-0.15, -0.1) is 0 Å². The standard InChI is InChI=1S/C34H32BN2O2/c1-33(2,38)34(3,4)39-35-29-21-19-25(20-22-29)24-15-17-27(18-16-24)31-23-30(26-11-7-5-8-12-26)36-32(37-31)28-13-9-6-10-14-28/h5-23,38H,1-4H3. The molecule has 0 aliphatic rings. The van der Waals surface area contributed by atoms with E-state index in [1.807, 2.05) is 74.5 Å². The molecule has 0 fully saturated rings. The third-order valence-corrected chi connectivity index (χ3v) is 7.22. The van der Waals surface area contributed by atoms with E-state index in [4.69, 9.17) is 14.6 Å². The van der Waals surface area contributed by atoms with Crippen molar-refractivity contribution in [2.75, 3.05) is 0 Å². The highest BCUT2D eigenvalue weighted by Crippen LogP contribution is 2.29. The maximum Gasteiger partial charge on any atom is 0.330 e. The van der Waals surface area contributed by atoms with Crippen LogP contribution in [0.2, 0.25) is 0 Å². The molecule has 0 spiro atoms. The summed E-state index contributed by atoms with van der Waals surface area (Å²) in [6, 6.07) is 39.0. The fraction of sp³-hybridized carbons (Fsp3) is 0.176. The van der Waals surface area contributed by atoms with Gasteiger partial charge in [-0.1, -0.05) is 115 Å². The summed E-state index contributed by atoms with van der Waals surface area (Å²) in [5.74, 6) is 0.706. The van der Waals surface area contributed by atoms with E-state index in [0.717, 1.165) is 44.7 Å². The summed E-state index contributed by atoms with van der Waals surface area (Å²) in [4.78, 5) is 9.80. The molecule has 1 aromatic heterocycles. The number of benzene rings is 4. The SMILES string of the molecule is CC(C)(O)C(C)(C)O[B]c1ccc(-c2ccc(-c3cc(-c4ccccc4)nc(-c4ccccc4)n3)cc2)cc1. The quantitative estimate of drug-likeness (QED) is 0.229. The first-order chi connectivity index (χ1) is 18.7. The van der Waals surface area contributed by atoms with Gasteiger partial charge in [0.2, 0.25) is 0 Å². The fourth-order valence-electron chi connectivity index (χ4n) is 4.02. The molecule has 0 amide bonds. The number of rotatable bonds is 8. The van der Waals surface area contributed by atoms with Gasteiger partial charge in [-0.3, -0.25) is 0 Å².